The Balaban J connectivity index is 1.78. The molecule has 5 nitrogen and oxygen atoms in total. The largest absolute Gasteiger partial charge is 0.496 e. The van der Waals surface area contributed by atoms with Crippen LogP contribution >= 0.6 is 0 Å². The summed E-state index contributed by atoms with van der Waals surface area (Å²) in [6.45, 7) is 5.10. The Morgan fingerprint density at radius 2 is 2.19 bits per heavy atom. The third kappa shape index (κ3) is 2.94. The predicted molar refractivity (Wildman–Crippen MR) is 81.7 cm³/mol. The summed E-state index contributed by atoms with van der Waals surface area (Å²) in [7, 11) is 1.67. The number of aromatic nitrogens is 1. The topological polar surface area (TPSA) is 52.6 Å². The highest BCUT2D eigenvalue weighted by molar-refractivity contribution is 5.95. The van der Waals surface area contributed by atoms with Crippen molar-refractivity contribution < 1.29 is 14.2 Å². The minimum absolute atomic E-state index is 0.0302. The zero-order valence-corrected chi connectivity index (χ0v) is 12.6. The average Bonchev–Trinajstić information content (AvgIpc) is 2.83. The first kappa shape index (κ1) is 14.1. The van der Waals surface area contributed by atoms with E-state index in [9.17, 15) is 0 Å². The molecule has 0 radical (unpaired) electrons. The van der Waals surface area contributed by atoms with E-state index in [4.69, 9.17) is 14.2 Å². The van der Waals surface area contributed by atoms with Gasteiger partial charge in [0.25, 0.3) is 0 Å². The lowest BCUT2D eigenvalue weighted by atomic mass is 10.1. The number of hydrogen-bond acceptors (Lipinski definition) is 5. The maximum Gasteiger partial charge on any atom is 0.163 e. The Morgan fingerprint density at radius 1 is 1.33 bits per heavy atom. The van der Waals surface area contributed by atoms with E-state index in [2.05, 4.69) is 10.3 Å². The minimum atomic E-state index is -0.498. The van der Waals surface area contributed by atoms with Crippen molar-refractivity contribution in [2.75, 3.05) is 25.6 Å². The smallest absolute Gasteiger partial charge is 0.163 e. The van der Waals surface area contributed by atoms with Crippen molar-refractivity contribution in [1.82, 2.24) is 4.98 Å². The van der Waals surface area contributed by atoms with Gasteiger partial charge in [0, 0.05) is 23.5 Å². The quantitative estimate of drug-likeness (QED) is 0.937. The van der Waals surface area contributed by atoms with Gasteiger partial charge in [-0.05, 0) is 26.0 Å². The third-order valence-electron chi connectivity index (χ3n) is 3.55. The van der Waals surface area contributed by atoms with Crippen LogP contribution in [0.4, 0.5) is 5.82 Å². The van der Waals surface area contributed by atoms with Crippen molar-refractivity contribution in [3.05, 3.63) is 30.5 Å². The van der Waals surface area contributed by atoms with Gasteiger partial charge < -0.3 is 19.5 Å². The van der Waals surface area contributed by atoms with Crippen LogP contribution in [0.15, 0.2) is 30.5 Å². The number of ether oxygens (including phenoxy) is 3. The van der Waals surface area contributed by atoms with Gasteiger partial charge in [0.05, 0.1) is 13.7 Å². The zero-order chi connectivity index (χ0) is 14.9. The molecule has 5 heteroatoms. The van der Waals surface area contributed by atoms with E-state index in [1.807, 2.05) is 38.1 Å². The van der Waals surface area contributed by atoms with E-state index in [0.717, 1.165) is 22.3 Å². The van der Waals surface area contributed by atoms with Crippen LogP contribution < -0.4 is 10.1 Å². The van der Waals surface area contributed by atoms with Gasteiger partial charge in [-0.2, -0.15) is 0 Å². The fraction of sp³-hybridized carbons (Fsp3) is 0.438. The van der Waals surface area contributed by atoms with Crippen LogP contribution in [-0.4, -0.2) is 37.1 Å². The Morgan fingerprint density at radius 3 is 2.90 bits per heavy atom. The highest BCUT2D eigenvalue weighted by Crippen LogP contribution is 2.29. The summed E-state index contributed by atoms with van der Waals surface area (Å²) in [6.07, 6.45) is 1.81. The second-order valence-corrected chi connectivity index (χ2v) is 5.55. The number of nitrogens with zero attached hydrogens (tertiary/aromatic N) is 1. The SMILES string of the molecule is COc1cccc2c(NCC3COC(C)(C)O3)nccc12. The molecule has 1 aromatic carbocycles. The molecule has 1 fully saturated rings. The summed E-state index contributed by atoms with van der Waals surface area (Å²) in [5.41, 5.74) is 0. The average molecular weight is 288 g/mol. The highest BCUT2D eigenvalue weighted by atomic mass is 16.7. The number of fused-ring (bicyclic) bond motifs is 1. The van der Waals surface area contributed by atoms with Crippen molar-refractivity contribution in [3.8, 4) is 5.75 Å². The molecule has 0 spiro atoms. The van der Waals surface area contributed by atoms with Crippen molar-refractivity contribution in [2.45, 2.75) is 25.7 Å². The number of anilines is 1. The van der Waals surface area contributed by atoms with Crippen molar-refractivity contribution in [2.24, 2.45) is 0 Å². The zero-order valence-electron chi connectivity index (χ0n) is 12.6. The molecule has 1 saturated heterocycles. The van der Waals surface area contributed by atoms with Gasteiger partial charge in [-0.25, -0.2) is 4.98 Å². The Labute approximate surface area is 124 Å². The molecule has 2 heterocycles. The molecule has 1 aromatic heterocycles. The van der Waals surface area contributed by atoms with Crippen LogP contribution in [0.5, 0.6) is 5.75 Å². The second kappa shape index (κ2) is 5.50. The van der Waals surface area contributed by atoms with Crippen molar-refractivity contribution in [3.63, 3.8) is 0 Å². The molecule has 0 saturated carbocycles. The summed E-state index contributed by atoms with van der Waals surface area (Å²) in [4.78, 5) is 4.42. The first-order chi connectivity index (χ1) is 10.1. The molecule has 1 N–H and O–H groups in total. The molecule has 0 amide bonds. The molecule has 3 rings (SSSR count). The number of nitrogens with one attached hydrogen (secondary N) is 1. The molecule has 1 aliphatic rings. The predicted octanol–water partition coefficient (Wildman–Crippen LogP) is 2.81. The van der Waals surface area contributed by atoms with E-state index in [1.54, 1.807) is 13.3 Å². The van der Waals surface area contributed by atoms with Crippen LogP contribution in [0.3, 0.4) is 0 Å². The van der Waals surface area contributed by atoms with Gasteiger partial charge in [-0.1, -0.05) is 12.1 Å². The number of hydrogen-bond donors (Lipinski definition) is 1. The Bertz CT molecular complexity index is 642. The molecular weight excluding hydrogens is 268 g/mol. The molecule has 0 bridgehead atoms. The first-order valence-corrected chi connectivity index (χ1v) is 7.06. The van der Waals surface area contributed by atoms with E-state index < -0.39 is 5.79 Å². The molecule has 1 atom stereocenters. The Kier molecular flexibility index (Phi) is 3.69. The van der Waals surface area contributed by atoms with Crippen molar-refractivity contribution >= 4 is 16.6 Å². The summed E-state index contributed by atoms with van der Waals surface area (Å²) < 4.78 is 16.7. The third-order valence-corrected chi connectivity index (χ3v) is 3.55. The normalized spacial score (nSPS) is 20.6. The van der Waals surface area contributed by atoms with Crippen LogP contribution in [0.2, 0.25) is 0 Å². The van der Waals surface area contributed by atoms with E-state index in [1.165, 1.54) is 0 Å². The monoisotopic (exact) mass is 288 g/mol. The molecule has 112 valence electrons. The standard InChI is InChI=1S/C16H20N2O3/c1-16(2)20-10-11(21-16)9-18-15-13-5-4-6-14(19-3)12(13)7-8-17-15/h4-8,11H,9-10H2,1-3H3,(H,17,18). The van der Waals surface area contributed by atoms with Gasteiger partial charge in [0.2, 0.25) is 0 Å². The molecule has 1 unspecified atom stereocenters. The lowest BCUT2D eigenvalue weighted by Gasteiger charge is -2.17. The fourth-order valence-electron chi connectivity index (χ4n) is 2.57. The fourth-order valence-corrected chi connectivity index (χ4v) is 2.57. The van der Waals surface area contributed by atoms with Crippen LogP contribution in [-0.2, 0) is 9.47 Å². The van der Waals surface area contributed by atoms with Gasteiger partial charge in [0.15, 0.2) is 5.79 Å². The molecular formula is C16H20N2O3. The summed E-state index contributed by atoms with van der Waals surface area (Å²) >= 11 is 0. The number of methoxy groups -OCH3 is 1. The van der Waals surface area contributed by atoms with Crippen LogP contribution in [0.1, 0.15) is 13.8 Å². The van der Waals surface area contributed by atoms with Gasteiger partial charge in [-0.3, -0.25) is 0 Å². The summed E-state index contributed by atoms with van der Waals surface area (Å²) in [5.74, 6) is 1.18. The summed E-state index contributed by atoms with van der Waals surface area (Å²) in [6, 6.07) is 7.90. The van der Waals surface area contributed by atoms with Crippen molar-refractivity contribution in [1.29, 1.82) is 0 Å². The lowest BCUT2D eigenvalue weighted by Crippen LogP contribution is -2.26. The number of pyridine rings is 1. The molecule has 2 aromatic rings. The number of rotatable bonds is 4. The van der Waals surface area contributed by atoms with Crippen LogP contribution in [0, 0.1) is 0 Å². The first-order valence-electron chi connectivity index (χ1n) is 7.06. The second-order valence-electron chi connectivity index (χ2n) is 5.55. The highest BCUT2D eigenvalue weighted by Gasteiger charge is 2.32. The Hall–Kier alpha value is -1.85. The maximum atomic E-state index is 5.79. The molecule has 1 aliphatic heterocycles. The van der Waals surface area contributed by atoms with Gasteiger partial charge in [-0.15, -0.1) is 0 Å². The van der Waals surface area contributed by atoms with Gasteiger partial charge in [0.1, 0.15) is 17.7 Å². The minimum Gasteiger partial charge on any atom is -0.496 e. The van der Waals surface area contributed by atoms with E-state index >= 15 is 0 Å². The maximum absolute atomic E-state index is 5.79. The van der Waals surface area contributed by atoms with E-state index in [-0.39, 0.29) is 6.10 Å². The van der Waals surface area contributed by atoms with Gasteiger partial charge >= 0.3 is 0 Å². The number of benzene rings is 1. The van der Waals surface area contributed by atoms with E-state index in [0.29, 0.717) is 13.2 Å². The lowest BCUT2D eigenvalue weighted by molar-refractivity contribution is -0.136. The van der Waals surface area contributed by atoms with Crippen LogP contribution in [0.25, 0.3) is 10.8 Å². The molecule has 21 heavy (non-hydrogen) atoms. The summed E-state index contributed by atoms with van der Waals surface area (Å²) in [5, 5.41) is 5.43. The molecule has 0 aliphatic carbocycles.